The second-order valence-electron chi connectivity index (χ2n) is 3.87. The number of pyridine rings is 1. The minimum atomic E-state index is -0.163. The molecule has 2 rings (SSSR count). The maximum Gasteiger partial charge on any atom is 0.251 e. The van der Waals surface area contributed by atoms with E-state index in [-0.39, 0.29) is 18.3 Å². The van der Waals surface area contributed by atoms with Gasteiger partial charge in [-0.25, -0.2) is 0 Å². The van der Waals surface area contributed by atoms with Crippen molar-refractivity contribution >= 4 is 29.9 Å². The highest BCUT2D eigenvalue weighted by Gasteiger charge is 2.08. The third-order valence-electron chi connectivity index (χ3n) is 2.62. The molecule has 0 aliphatic carbocycles. The van der Waals surface area contributed by atoms with E-state index in [1.807, 2.05) is 0 Å². The first kappa shape index (κ1) is 16.3. The van der Waals surface area contributed by atoms with E-state index in [1.54, 1.807) is 49.8 Å². The molecule has 1 N–H and O–H groups in total. The largest absolute Gasteiger partial charge is 0.496 e. The van der Waals surface area contributed by atoms with E-state index >= 15 is 0 Å². The number of methoxy groups -OCH3 is 1. The molecule has 6 heteroatoms. The van der Waals surface area contributed by atoms with Gasteiger partial charge in [-0.15, -0.1) is 12.4 Å². The lowest BCUT2D eigenvalue weighted by Crippen LogP contribution is -2.23. The third kappa shape index (κ3) is 4.11. The van der Waals surface area contributed by atoms with Crippen LogP contribution in [0.3, 0.4) is 0 Å². The van der Waals surface area contributed by atoms with Gasteiger partial charge < -0.3 is 10.1 Å². The number of benzene rings is 1. The van der Waals surface area contributed by atoms with Crippen LogP contribution in [0.25, 0.3) is 0 Å². The SMILES string of the molecule is COc1ccc(Cl)cc1CNC(=O)c1ccncc1.Cl. The Morgan fingerprint density at radius 1 is 1.30 bits per heavy atom. The second-order valence-corrected chi connectivity index (χ2v) is 4.31. The van der Waals surface area contributed by atoms with Gasteiger partial charge in [0, 0.05) is 35.1 Å². The summed E-state index contributed by atoms with van der Waals surface area (Å²) < 4.78 is 5.22. The predicted molar refractivity (Wildman–Crippen MR) is 80.7 cm³/mol. The van der Waals surface area contributed by atoms with Crippen LogP contribution in [0.4, 0.5) is 0 Å². The van der Waals surface area contributed by atoms with Crippen LogP contribution in [0.15, 0.2) is 42.7 Å². The summed E-state index contributed by atoms with van der Waals surface area (Å²) >= 11 is 5.93. The average molecular weight is 313 g/mol. The number of ether oxygens (including phenoxy) is 1. The molecule has 0 aliphatic heterocycles. The van der Waals surface area contributed by atoms with Crippen LogP contribution in [-0.2, 0) is 6.54 Å². The molecule has 0 saturated heterocycles. The minimum Gasteiger partial charge on any atom is -0.496 e. The molecule has 1 heterocycles. The maximum absolute atomic E-state index is 11.9. The number of carbonyl (C=O) groups is 1. The standard InChI is InChI=1S/C14H13ClN2O2.ClH/c1-19-13-3-2-12(15)8-11(13)9-17-14(18)10-4-6-16-7-5-10;/h2-8H,9H2,1H3,(H,17,18);1H. The number of nitrogens with zero attached hydrogens (tertiary/aromatic N) is 1. The van der Waals surface area contributed by atoms with Crippen molar-refractivity contribution in [1.29, 1.82) is 0 Å². The quantitative estimate of drug-likeness (QED) is 0.943. The van der Waals surface area contributed by atoms with Gasteiger partial charge in [0.05, 0.1) is 7.11 Å². The Morgan fingerprint density at radius 3 is 2.65 bits per heavy atom. The summed E-state index contributed by atoms with van der Waals surface area (Å²) in [5, 5.41) is 3.42. The number of amides is 1. The van der Waals surface area contributed by atoms with Crippen LogP contribution in [0, 0.1) is 0 Å². The molecule has 106 valence electrons. The van der Waals surface area contributed by atoms with E-state index in [0.29, 0.717) is 22.9 Å². The number of carbonyl (C=O) groups excluding carboxylic acids is 1. The zero-order valence-electron chi connectivity index (χ0n) is 10.8. The maximum atomic E-state index is 11.9. The van der Waals surface area contributed by atoms with Crippen LogP contribution >= 0.6 is 24.0 Å². The topological polar surface area (TPSA) is 51.2 Å². The summed E-state index contributed by atoms with van der Waals surface area (Å²) in [5.74, 6) is 0.531. The van der Waals surface area contributed by atoms with Crippen molar-refractivity contribution in [3.05, 3.63) is 58.9 Å². The van der Waals surface area contributed by atoms with Crippen LogP contribution in [-0.4, -0.2) is 18.0 Å². The van der Waals surface area contributed by atoms with Gasteiger partial charge in [0.25, 0.3) is 5.91 Å². The van der Waals surface area contributed by atoms with E-state index in [0.717, 1.165) is 5.56 Å². The van der Waals surface area contributed by atoms with Gasteiger partial charge in [-0.1, -0.05) is 11.6 Å². The fourth-order valence-corrected chi connectivity index (χ4v) is 1.86. The molecule has 1 aromatic carbocycles. The predicted octanol–water partition coefficient (Wildman–Crippen LogP) is 3.10. The van der Waals surface area contributed by atoms with Crippen LogP contribution < -0.4 is 10.1 Å². The molecule has 20 heavy (non-hydrogen) atoms. The van der Waals surface area contributed by atoms with Crippen LogP contribution in [0.1, 0.15) is 15.9 Å². The van der Waals surface area contributed by atoms with E-state index in [2.05, 4.69) is 10.3 Å². The zero-order chi connectivity index (χ0) is 13.7. The molecule has 0 saturated carbocycles. The molecule has 0 atom stereocenters. The van der Waals surface area contributed by atoms with Crippen molar-refractivity contribution in [3.63, 3.8) is 0 Å². The first-order valence-corrected chi connectivity index (χ1v) is 6.09. The lowest BCUT2D eigenvalue weighted by atomic mass is 10.2. The smallest absolute Gasteiger partial charge is 0.251 e. The molecule has 4 nitrogen and oxygen atoms in total. The van der Waals surface area contributed by atoms with E-state index < -0.39 is 0 Å². The Morgan fingerprint density at radius 2 is 2.00 bits per heavy atom. The fraction of sp³-hybridized carbons (Fsp3) is 0.143. The molecule has 0 aliphatic rings. The molecule has 0 bridgehead atoms. The molecule has 0 spiro atoms. The number of rotatable bonds is 4. The van der Waals surface area contributed by atoms with Gasteiger partial charge in [0.1, 0.15) is 5.75 Å². The third-order valence-corrected chi connectivity index (χ3v) is 2.86. The summed E-state index contributed by atoms with van der Waals surface area (Å²) in [7, 11) is 1.58. The molecule has 0 fully saturated rings. The van der Waals surface area contributed by atoms with Crippen molar-refractivity contribution in [1.82, 2.24) is 10.3 Å². The lowest BCUT2D eigenvalue weighted by molar-refractivity contribution is 0.0950. The molecule has 0 radical (unpaired) electrons. The molecular formula is C14H14Cl2N2O2. The van der Waals surface area contributed by atoms with Gasteiger partial charge in [0.15, 0.2) is 0 Å². The Hall–Kier alpha value is -1.78. The van der Waals surface area contributed by atoms with Gasteiger partial charge in [-0.05, 0) is 30.3 Å². The number of hydrogen-bond donors (Lipinski definition) is 1. The number of halogens is 2. The molecular weight excluding hydrogens is 299 g/mol. The highest BCUT2D eigenvalue weighted by Crippen LogP contribution is 2.22. The second kappa shape index (κ2) is 7.72. The van der Waals surface area contributed by atoms with Crippen molar-refractivity contribution in [2.24, 2.45) is 0 Å². The Bertz CT molecular complexity index is 577. The summed E-state index contributed by atoms with van der Waals surface area (Å²) in [6.07, 6.45) is 3.16. The lowest BCUT2D eigenvalue weighted by Gasteiger charge is -2.10. The van der Waals surface area contributed by atoms with Gasteiger partial charge in [0.2, 0.25) is 0 Å². The number of aromatic nitrogens is 1. The molecule has 2 aromatic rings. The monoisotopic (exact) mass is 312 g/mol. The summed E-state index contributed by atoms with van der Waals surface area (Å²) in [6, 6.07) is 8.60. The first-order chi connectivity index (χ1) is 9.20. The van der Waals surface area contributed by atoms with E-state index in [1.165, 1.54) is 0 Å². The minimum absolute atomic E-state index is 0. The fourth-order valence-electron chi connectivity index (χ4n) is 1.67. The summed E-state index contributed by atoms with van der Waals surface area (Å²) in [4.78, 5) is 15.8. The van der Waals surface area contributed by atoms with Crippen molar-refractivity contribution in [3.8, 4) is 5.75 Å². The zero-order valence-corrected chi connectivity index (χ0v) is 12.4. The van der Waals surface area contributed by atoms with Gasteiger partial charge >= 0.3 is 0 Å². The van der Waals surface area contributed by atoms with Crippen molar-refractivity contribution < 1.29 is 9.53 Å². The van der Waals surface area contributed by atoms with E-state index in [9.17, 15) is 4.79 Å². The van der Waals surface area contributed by atoms with Crippen molar-refractivity contribution in [2.45, 2.75) is 6.54 Å². The molecule has 0 unspecified atom stereocenters. The Labute approximate surface area is 128 Å². The average Bonchev–Trinajstić information content (AvgIpc) is 2.46. The molecule has 1 amide bonds. The highest BCUT2D eigenvalue weighted by molar-refractivity contribution is 6.30. The number of hydrogen-bond acceptors (Lipinski definition) is 3. The summed E-state index contributed by atoms with van der Waals surface area (Å²) in [6.45, 7) is 0.352. The Kier molecular flexibility index (Phi) is 6.28. The molecule has 1 aromatic heterocycles. The number of nitrogens with one attached hydrogen (secondary N) is 1. The first-order valence-electron chi connectivity index (χ1n) is 5.71. The highest BCUT2D eigenvalue weighted by atomic mass is 35.5. The van der Waals surface area contributed by atoms with Crippen molar-refractivity contribution in [2.75, 3.05) is 7.11 Å². The van der Waals surface area contributed by atoms with Crippen LogP contribution in [0.2, 0.25) is 5.02 Å². The summed E-state index contributed by atoms with van der Waals surface area (Å²) in [5.41, 5.74) is 1.40. The van der Waals surface area contributed by atoms with Gasteiger partial charge in [-0.2, -0.15) is 0 Å². The van der Waals surface area contributed by atoms with E-state index in [4.69, 9.17) is 16.3 Å². The normalized spacial score (nSPS) is 9.50. The van der Waals surface area contributed by atoms with Gasteiger partial charge in [-0.3, -0.25) is 9.78 Å². The Balaban J connectivity index is 0.00000200. The van der Waals surface area contributed by atoms with Crippen LogP contribution in [0.5, 0.6) is 5.75 Å².